The van der Waals surface area contributed by atoms with Gasteiger partial charge in [0.05, 0.1) is 0 Å². The number of halogens is 12. The molecule has 56 heavy (non-hydrogen) atoms. The van der Waals surface area contributed by atoms with Gasteiger partial charge in [0.25, 0.3) is 5.70 Å². The van der Waals surface area contributed by atoms with Crippen LogP contribution in [0.3, 0.4) is 0 Å². The maximum atomic E-state index is 15.9. The van der Waals surface area contributed by atoms with Crippen LogP contribution in [0.5, 0.6) is 0 Å². The standard InChI is InChI=1S/C40H26BCl2F10N2P/c1-20-11-4-7-16-25(20)56(26-17-8-5-12-21(26)2,27-18-9-6-13-22(27)3)55-40(23-14-10-15-24(42)19-23)54-41(43,28-30(44)34(48)38(52)35(49)31(28)45)29-32(46)36(50)39(53)37(51)33(29)47/h4-19H,1-3H3,(H,54,55). The molecule has 6 aromatic rings. The number of hydrogen-bond acceptors (Lipinski definition) is 1. The topological polar surface area (TPSA) is 24.4 Å². The van der Waals surface area contributed by atoms with E-state index >= 15 is 35.1 Å². The second-order valence-electron chi connectivity index (χ2n) is 12.8. The number of amidine groups is 1. The number of nitrogens with zero attached hydrogens (tertiary/aromatic N) is 1. The Kier molecular flexibility index (Phi) is 11.4. The minimum Gasteiger partial charge on any atom is -0.454 e. The number of nitrogens with one attached hydrogen (secondary N) is 1. The zero-order valence-corrected chi connectivity index (χ0v) is 31.7. The summed E-state index contributed by atoms with van der Waals surface area (Å²) in [4.78, 5) is 4.21. The molecular weight excluding hydrogens is 811 g/mol. The molecule has 0 amide bonds. The van der Waals surface area contributed by atoms with E-state index in [1.807, 2.05) is 0 Å². The lowest BCUT2D eigenvalue weighted by Gasteiger charge is -2.37. The fraction of sp³-hybridized carbons (Fsp3) is 0.0750. The Morgan fingerprint density at radius 1 is 0.500 bits per heavy atom. The lowest BCUT2D eigenvalue weighted by atomic mass is 9.48. The Morgan fingerprint density at radius 3 is 1.18 bits per heavy atom. The van der Waals surface area contributed by atoms with Crippen LogP contribution in [0.4, 0.5) is 43.9 Å². The van der Waals surface area contributed by atoms with Crippen LogP contribution in [0.2, 0.25) is 5.02 Å². The molecule has 0 saturated heterocycles. The average Bonchev–Trinajstić information content (AvgIpc) is 3.17. The van der Waals surface area contributed by atoms with E-state index in [1.165, 1.54) is 24.3 Å². The Balaban J connectivity index is 1.87. The fourth-order valence-electron chi connectivity index (χ4n) is 6.72. The first-order valence-electron chi connectivity index (χ1n) is 16.6. The highest BCUT2D eigenvalue weighted by atomic mass is 35.5. The monoisotopic (exact) mass is 836 g/mol. The number of aryl methyl sites for hydroxylation is 3. The molecule has 0 saturated carbocycles. The fourth-order valence-corrected chi connectivity index (χ4v) is 11.8. The van der Waals surface area contributed by atoms with Crippen LogP contribution in [0.25, 0.3) is 0 Å². The summed E-state index contributed by atoms with van der Waals surface area (Å²) >= 11 is 13.2. The molecule has 1 N–H and O–H groups in total. The quantitative estimate of drug-likeness (QED) is 0.0309. The summed E-state index contributed by atoms with van der Waals surface area (Å²) in [6.45, 7) is 5.37. The van der Waals surface area contributed by atoms with Gasteiger partial charge < -0.3 is 16.4 Å². The summed E-state index contributed by atoms with van der Waals surface area (Å²) in [7, 11) is -3.54. The first kappa shape index (κ1) is 40.8. The minimum atomic E-state index is -5.13. The van der Waals surface area contributed by atoms with Gasteiger partial charge >= 0.3 is 0 Å². The molecule has 288 valence electrons. The van der Waals surface area contributed by atoms with E-state index < -0.39 is 88.0 Å². The third-order valence-electron chi connectivity index (χ3n) is 9.36. The number of rotatable bonds is 8. The highest BCUT2D eigenvalue weighted by Gasteiger charge is 2.51. The second kappa shape index (κ2) is 15.6. The summed E-state index contributed by atoms with van der Waals surface area (Å²) < 4.78 is 153. The van der Waals surface area contributed by atoms with Crippen molar-refractivity contribution in [1.82, 2.24) is 5.09 Å². The van der Waals surface area contributed by atoms with Crippen molar-refractivity contribution in [1.29, 1.82) is 0 Å². The van der Waals surface area contributed by atoms with Gasteiger partial charge in [0.2, 0.25) is 7.41 Å². The molecule has 0 aliphatic rings. The van der Waals surface area contributed by atoms with Crippen molar-refractivity contribution in [2.75, 3.05) is 0 Å². The van der Waals surface area contributed by atoms with Crippen LogP contribution in [-0.2, 0) is 0 Å². The van der Waals surface area contributed by atoms with Crippen LogP contribution in [0, 0.1) is 78.9 Å². The van der Waals surface area contributed by atoms with Gasteiger partial charge in [-0.25, -0.2) is 49.0 Å². The van der Waals surface area contributed by atoms with Crippen molar-refractivity contribution < 1.29 is 43.9 Å². The largest absolute Gasteiger partial charge is 0.454 e. The van der Waals surface area contributed by atoms with E-state index in [0.717, 1.165) is 0 Å². The third kappa shape index (κ3) is 6.73. The Hall–Kier alpha value is -4.84. The molecule has 16 heteroatoms. The van der Waals surface area contributed by atoms with E-state index in [-0.39, 0.29) is 10.6 Å². The Morgan fingerprint density at radius 2 is 0.839 bits per heavy atom. The van der Waals surface area contributed by atoms with Gasteiger partial charge in [-0.3, -0.25) is 0 Å². The van der Waals surface area contributed by atoms with E-state index in [2.05, 4.69) is 9.99 Å². The van der Waals surface area contributed by atoms with Crippen molar-refractivity contribution in [3.63, 3.8) is 0 Å². The molecule has 0 aromatic heterocycles. The van der Waals surface area contributed by atoms with Crippen molar-refractivity contribution in [3.8, 4) is 0 Å². The van der Waals surface area contributed by atoms with Gasteiger partial charge in [-0.2, -0.15) is 0 Å². The van der Waals surface area contributed by atoms with Crippen LogP contribution in [-0.4, -0.2) is 11.5 Å². The molecule has 0 bridgehead atoms. The maximum Gasteiger partial charge on any atom is 0.254 e. The van der Waals surface area contributed by atoms with Crippen LogP contribution in [0.1, 0.15) is 22.3 Å². The van der Waals surface area contributed by atoms with E-state index in [1.54, 1.807) is 93.6 Å². The summed E-state index contributed by atoms with van der Waals surface area (Å²) in [6.07, 6.45) is 0. The number of hydrogen-bond donors (Lipinski definition) is 1. The highest BCUT2D eigenvalue weighted by Crippen LogP contribution is 2.54. The van der Waals surface area contributed by atoms with Crippen LogP contribution in [0.15, 0.2) is 102 Å². The smallest absolute Gasteiger partial charge is 0.254 e. The normalized spacial score (nSPS) is 12.3. The maximum absolute atomic E-state index is 15.9. The SMILES string of the molecule is Cc1ccccc1[P+](N/C(=N/[B-](Cl)(c1c(F)c(F)c(F)c(F)c1F)c1c(F)c(F)c(F)c(F)c1F)c1cccc(Cl)c1)(c1ccccc1C)c1ccccc1C. The summed E-state index contributed by atoms with van der Waals surface area (Å²) in [6, 6.07) is 26.5. The molecule has 6 aromatic carbocycles. The molecule has 0 heterocycles. The lowest BCUT2D eigenvalue weighted by Crippen LogP contribution is -2.60. The second-order valence-corrected chi connectivity index (χ2v) is 16.9. The van der Waals surface area contributed by atoms with Gasteiger partial charge in [0.15, 0.2) is 34.9 Å². The molecule has 0 radical (unpaired) electrons. The molecule has 0 atom stereocenters. The predicted octanol–water partition coefficient (Wildman–Crippen LogP) is 9.40. The van der Waals surface area contributed by atoms with Gasteiger partial charge in [-0.05, 0) is 67.8 Å². The first-order chi connectivity index (χ1) is 26.5. The van der Waals surface area contributed by atoms with Gasteiger partial charge in [-0.15, -0.1) is 0 Å². The van der Waals surface area contributed by atoms with E-state index in [9.17, 15) is 8.78 Å². The summed E-state index contributed by atoms with van der Waals surface area (Å²) in [5.41, 5.74) is -7.53. The Bertz CT molecular complexity index is 2330. The summed E-state index contributed by atoms with van der Waals surface area (Å²) in [5, 5.41) is 5.19. The molecule has 0 spiro atoms. The predicted molar refractivity (Wildman–Crippen MR) is 204 cm³/mol. The highest BCUT2D eigenvalue weighted by molar-refractivity contribution is 7.94. The molecule has 0 unspecified atom stereocenters. The molecule has 0 fully saturated rings. The summed E-state index contributed by atoms with van der Waals surface area (Å²) in [5.74, 6) is -27.4. The third-order valence-corrected chi connectivity index (χ3v) is 14.4. The van der Waals surface area contributed by atoms with Crippen molar-refractivity contribution >= 4 is 68.8 Å². The first-order valence-corrected chi connectivity index (χ1v) is 19.2. The molecule has 0 aliphatic carbocycles. The van der Waals surface area contributed by atoms with E-state index in [4.69, 9.17) is 23.1 Å². The lowest BCUT2D eigenvalue weighted by molar-refractivity contribution is 0.382. The van der Waals surface area contributed by atoms with Crippen LogP contribution < -0.4 is 31.9 Å². The van der Waals surface area contributed by atoms with Crippen molar-refractivity contribution in [3.05, 3.63) is 183 Å². The minimum absolute atomic E-state index is 0.00347. The zero-order chi connectivity index (χ0) is 40.9. The molecular formula is C40H26BCl2F10N2P. The Labute approximate surface area is 325 Å². The van der Waals surface area contributed by atoms with Gasteiger partial charge in [0, 0.05) is 10.6 Å². The van der Waals surface area contributed by atoms with Gasteiger partial charge in [0.1, 0.15) is 45.0 Å². The zero-order valence-electron chi connectivity index (χ0n) is 29.2. The van der Waals surface area contributed by atoms with Crippen molar-refractivity contribution in [2.24, 2.45) is 4.90 Å². The van der Waals surface area contributed by atoms with E-state index in [0.29, 0.717) is 32.6 Å². The van der Waals surface area contributed by atoms with Crippen molar-refractivity contribution in [2.45, 2.75) is 20.8 Å². The average molecular weight is 837 g/mol. The molecule has 0 aliphatic heterocycles. The molecule has 6 rings (SSSR count). The van der Waals surface area contributed by atoms with Gasteiger partial charge in [-0.1, -0.05) is 89.3 Å². The molecule has 2 nitrogen and oxygen atoms in total. The number of benzene rings is 6. The van der Waals surface area contributed by atoms with Crippen LogP contribution >= 0.6 is 30.5 Å².